The Kier molecular flexibility index (Phi) is 3.72. The van der Waals surface area contributed by atoms with Crippen LogP contribution in [-0.4, -0.2) is 28.7 Å². The number of hydrogen-bond donors (Lipinski definition) is 1. The second-order valence-corrected chi connectivity index (χ2v) is 4.41. The number of rotatable bonds is 4. The molecule has 0 spiro atoms. The van der Waals surface area contributed by atoms with Gasteiger partial charge in [-0.25, -0.2) is 0 Å². The number of Topliss-reactive ketones (excluding diaryl/α,β-unsaturated/α-hetero) is 1. The molecule has 88 valence electrons. The number of aryl methyl sites for hydroxylation is 1. The topological polar surface area (TPSA) is 46.9 Å². The predicted molar refractivity (Wildman–Crippen MR) is 62.4 cm³/mol. The Balaban J connectivity index is 1.91. The molecule has 1 saturated heterocycles. The van der Waals surface area contributed by atoms with Crippen molar-refractivity contribution in [1.29, 1.82) is 0 Å². The second-order valence-electron chi connectivity index (χ2n) is 4.41. The Bertz CT molecular complexity index is 353. The van der Waals surface area contributed by atoms with Gasteiger partial charge in [-0.05, 0) is 38.8 Å². The summed E-state index contributed by atoms with van der Waals surface area (Å²) >= 11 is 0. The van der Waals surface area contributed by atoms with E-state index in [0.717, 1.165) is 38.0 Å². The molecule has 0 bridgehead atoms. The van der Waals surface area contributed by atoms with Crippen LogP contribution in [0.4, 0.5) is 0 Å². The summed E-state index contributed by atoms with van der Waals surface area (Å²) in [6, 6.07) is 0. The van der Waals surface area contributed by atoms with Crippen LogP contribution in [0.2, 0.25) is 0 Å². The van der Waals surface area contributed by atoms with Crippen molar-refractivity contribution >= 4 is 5.78 Å². The molecule has 2 heterocycles. The predicted octanol–water partition coefficient (Wildman–Crippen LogP) is 1.48. The van der Waals surface area contributed by atoms with Gasteiger partial charge < -0.3 is 5.32 Å². The van der Waals surface area contributed by atoms with Gasteiger partial charge in [-0.2, -0.15) is 5.10 Å². The van der Waals surface area contributed by atoms with Gasteiger partial charge in [0.15, 0.2) is 5.78 Å². The van der Waals surface area contributed by atoms with E-state index in [0.29, 0.717) is 12.3 Å². The number of nitrogens with zero attached hydrogens (tertiary/aromatic N) is 2. The molecule has 4 nitrogen and oxygen atoms in total. The van der Waals surface area contributed by atoms with E-state index >= 15 is 0 Å². The highest BCUT2D eigenvalue weighted by Crippen LogP contribution is 2.18. The maximum atomic E-state index is 12.0. The van der Waals surface area contributed by atoms with Crippen molar-refractivity contribution in [2.24, 2.45) is 5.92 Å². The van der Waals surface area contributed by atoms with Gasteiger partial charge >= 0.3 is 0 Å². The average Bonchev–Trinajstić information content (AvgIpc) is 2.79. The summed E-state index contributed by atoms with van der Waals surface area (Å²) in [5.41, 5.74) is 0.764. The quantitative estimate of drug-likeness (QED) is 0.783. The summed E-state index contributed by atoms with van der Waals surface area (Å²) in [6.07, 6.45) is 6.45. The maximum Gasteiger partial charge on any atom is 0.166 e. The highest BCUT2D eigenvalue weighted by atomic mass is 16.1. The molecule has 1 fully saturated rings. The van der Waals surface area contributed by atoms with E-state index in [1.807, 2.05) is 13.1 Å². The number of carbonyl (C=O) groups excluding carboxylic acids is 1. The Morgan fingerprint density at radius 1 is 1.56 bits per heavy atom. The van der Waals surface area contributed by atoms with Gasteiger partial charge in [-0.1, -0.05) is 0 Å². The monoisotopic (exact) mass is 221 g/mol. The molecule has 0 saturated carbocycles. The molecular weight excluding hydrogens is 202 g/mol. The van der Waals surface area contributed by atoms with Crippen LogP contribution in [-0.2, 0) is 6.54 Å². The lowest BCUT2D eigenvalue weighted by molar-refractivity contribution is 0.0952. The van der Waals surface area contributed by atoms with E-state index in [2.05, 4.69) is 10.4 Å². The highest BCUT2D eigenvalue weighted by Gasteiger charge is 2.18. The lowest BCUT2D eigenvalue weighted by Gasteiger charge is -2.21. The first-order chi connectivity index (χ1) is 7.79. The molecule has 1 aromatic heterocycles. The van der Waals surface area contributed by atoms with Crippen LogP contribution in [0.25, 0.3) is 0 Å². The van der Waals surface area contributed by atoms with Gasteiger partial charge in [0.1, 0.15) is 0 Å². The first-order valence-electron chi connectivity index (χ1n) is 6.06. The average molecular weight is 221 g/mol. The molecule has 0 amide bonds. The van der Waals surface area contributed by atoms with Crippen LogP contribution in [0, 0.1) is 5.92 Å². The Hall–Kier alpha value is -1.16. The van der Waals surface area contributed by atoms with Crippen molar-refractivity contribution in [3.63, 3.8) is 0 Å². The molecule has 0 aliphatic carbocycles. The van der Waals surface area contributed by atoms with Crippen LogP contribution in [0.15, 0.2) is 12.4 Å². The second kappa shape index (κ2) is 5.25. The number of piperidine rings is 1. The summed E-state index contributed by atoms with van der Waals surface area (Å²) in [5, 5.41) is 7.45. The molecule has 0 unspecified atom stereocenters. The van der Waals surface area contributed by atoms with E-state index in [4.69, 9.17) is 0 Å². The third kappa shape index (κ3) is 2.70. The van der Waals surface area contributed by atoms with Gasteiger partial charge in [-0.15, -0.1) is 0 Å². The minimum absolute atomic E-state index is 0.242. The van der Waals surface area contributed by atoms with Crippen LogP contribution in [0.3, 0.4) is 0 Å². The molecule has 1 aliphatic heterocycles. The zero-order chi connectivity index (χ0) is 11.4. The molecule has 0 radical (unpaired) electrons. The molecule has 1 aliphatic rings. The SMILES string of the molecule is CCn1cc(C(=O)CC2CCNCC2)cn1. The van der Waals surface area contributed by atoms with Crippen LogP contribution < -0.4 is 5.32 Å². The summed E-state index contributed by atoms with van der Waals surface area (Å²) in [5.74, 6) is 0.797. The molecule has 1 N–H and O–H groups in total. The zero-order valence-corrected chi connectivity index (χ0v) is 9.78. The lowest BCUT2D eigenvalue weighted by Crippen LogP contribution is -2.28. The van der Waals surface area contributed by atoms with Gasteiger partial charge in [-0.3, -0.25) is 9.48 Å². The number of carbonyl (C=O) groups is 1. The van der Waals surface area contributed by atoms with Crippen LogP contribution in [0.1, 0.15) is 36.5 Å². The molecule has 4 heteroatoms. The van der Waals surface area contributed by atoms with Crippen molar-refractivity contribution in [3.05, 3.63) is 18.0 Å². The molecule has 2 rings (SSSR count). The summed E-state index contributed by atoms with van der Waals surface area (Å²) < 4.78 is 1.80. The fraction of sp³-hybridized carbons (Fsp3) is 0.667. The number of hydrogen-bond acceptors (Lipinski definition) is 3. The normalized spacial score (nSPS) is 17.6. The van der Waals surface area contributed by atoms with Crippen molar-refractivity contribution in [2.45, 2.75) is 32.7 Å². The fourth-order valence-electron chi connectivity index (χ4n) is 2.15. The standard InChI is InChI=1S/C12H19N3O/c1-2-15-9-11(8-14-15)12(16)7-10-3-5-13-6-4-10/h8-10,13H,2-7H2,1H3. The highest BCUT2D eigenvalue weighted by molar-refractivity contribution is 5.95. The number of nitrogens with one attached hydrogen (secondary N) is 1. The largest absolute Gasteiger partial charge is 0.317 e. The van der Waals surface area contributed by atoms with Crippen LogP contribution in [0.5, 0.6) is 0 Å². The van der Waals surface area contributed by atoms with Gasteiger partial charge in [0.05, 0.1) is 11.8 Å². The van der Waals surface area contributed by atoms with Gasteiger partial charge in [0, 0.05) is 19.2 Å². The van der Waals surface area contributed by atoms with Crippen molar-refractivity contribution in [3.8, 4) is 0 Å². The first kappa shape index (κ1) is 11.3. The maximum absolute atomic E-state index is 12.0. The summed E-state index contributed by atoms with van der Waals surface area (Å²) in [7, 11) is 0. The third-order valence-electron chi connectivity index (χ3n) is 3.21. The smallest absolute Gasteiger partial charge is 0.166 e. The number of aromatic nitrogens is 2. The fourth-order valence-corrected chi connectivity index (χ4v) is 2.15. The first-order valence-corrected chi connectivity index (χ1v) is 6.06. The van der Waals surface area contributed by atoms with E-state index in [1.54, 1.807) is 10.9 Å². The minimum Gasteiger partial charge on any atom is -0.317 e. The van der Waals surface area contributed by atoms with Gasteiger partial charge in [0.2, 0.25) is 0 Å². The molecule has 1 aromatic rings. The van der Waals surface area contributed by atoms with E-state index in [9.17, 15) is 4.79 Å². The molecule has 0 atom stereocenters. The summed E-state index contributed by atoms with van der Waals surface area (Å²) in [4.78, 5) is 12.0. The van der Waals surface area contributed by atoms with Gasteiger partial charge in [0.25, 0.3) is 0 Å². The molecule has 16 heavy (non-hydrogen) atoms. The Morgan fingerprint density at radius 3 is 2.94 bits per heavy atom. The summed E-state index contributed by atoms with van der Waals surface area (Å²) in [6.45, 7) is 4.94. The Labute approximate surface area is 96.0 Å². The minimum atomic E-state index is 0.242. The van der Waals surface area contributed by atoms with Crippen molar-refractivity contribution in [1.82, 2.24) is 15.1 Å². The Morgan fingerprint density at radius 2 is 2.31 bits per heavy atom. The van der Waals surface area contributed by atoms with Crippen molar-refractivity contribution in [2.75, 3.05) is 13.1 Å². The number of ketones is 1. The van der Waals surface area contributed by atoms with E-state index in [1.165, 1.54) is 0 Å². The lowest BCUT2D eigenvalue weighted by atomic mass is 9.91. The molecule has 0 aromatic carbocycles. The van der Waals surface area contributed by atoms with Crippen molar-refractivity contribution < 1.29 is 4.79 Å². The third-order valence-corrected chi connectivity index (χ3v) is 3.21. The van der Waals surface area contributed by atoms with E-state index in [-0.39, 0.29) is 5.78 Å². The van der Waals surface area contributed by atoms with Crippen LogP contribution >= 0.6 is 0 Å². The zero-order valence-electron chi connectivity index (χ0n) is 9.78. The van der Waals surface area contributed by atoms with E-state index < -0.39 is 0 Å². The molecular formula is C12H19N3O.